The Morgan fingerprint density at radius 3 is 2.74 bits per heavy atom. The Morgan fingerprint density at radius 2 is 2.16 bits per heavy atom. The molecule has 2 heterocycles. The SMILES string of the molecule is CN(C)C1CCCN(S(=O)(=O)c2ccc(N)nc2)C1. The van der Waals surface area contributed by atoms with E-state index in [9.17, 15) is 8.42 Å². The molecule has 0 radical (unpaired) electrons. The van der Waals surface area contributed by atoms with Crippen LogP contribution < -0.4 is 5.73 Å². The van der Waals surface area contributed by atoms with E-state index in [4.69, 9.17) is 5.73 Å². The summed E-state index contributed by atoms with van der Waals surface area (Å²) in [4.78, 5) is 6.14. The van der Waals surface area contributed by atoms with Gasteiger partial charge in [-0.15, -0.1) is 0 Å². The lowest BCUT2D eigenvalue weighted by Crippen LogP contribution is -2.47. The summed E-state index contributed by atoms with van der Waals surface area (Å²) in [6.45, 7) is 1.09. The van der Waals surface area contributed by atoms with Gasteiger partial charge in [0.2, 0.25) is 10.0 Å². The van der Waals surface area contributed by atoms with Crippen molar-refractivity contribution in [2.75, 3.05) is 32.9 Å². The molecular weight excluding hydrogens is 264 g/mol. The van der Waals surface area contributed by atoms with Crippen molar-refractivity contribution in [2.24, 2.45) is 0 Å². The van der Waals surface area contributed by atoms with E-state index in [0.29, 0.717) is 18.9 Å². The molecule has 0 aliphatic carbocycles. The van der Waals surface area contributed by atoms with Gasteiger partial charge in [0.25, 0.3) is 0 Å². The Morgan fingerprint density at radius 1 is 1.42 bits per heavy atom. The predicted molar refractivity (Wildman–Crippen MR) is 74.1 cm³/mol. The van der Waals surface area contributed by atoms with Gasteiger partial charge in [-0.05, 0) is 39.1 Å². The van der Waals surface area contributed by atoms with Gasteiger partial charge in [0.05, 0.1) is 0 Å². The first-order chi connectivity index (χ1) is 8.91. The highest BCUT2D eigenvalue weighted by atomic mass is 32.2. The Hall–Kier alpha value is -1.18. The molecule has 2 rings (SSSR count). The van der Waals surface area contributed by atoms with Crippen molar-refractivity contribution in [3.8, 4) is 0 Å². The summed E-state index contributed by atoms with van der Waals surface area (Å²) in [5.41, 5.74) is 5.48. The Balaban J connectivity index is 2.22. The van der Waals surface area contributed by atoms with Crippen LogP contribution in [0.2, 0.25) is 0 Å². The number of sulfonamides is 1. The summed E-state index contributed by atoms with van der Waals surface area (Å²) in [6.07, 6.45) is 3.23. The van der Waals surface area contributed by atoms with Crippen LogP contribution in [0.15, 0.2) is 23.2 Å². The number of aromatic nitrogens is 1. The van der Waals surface area contributed by atoms with Crippen molar-refractivity contribution >= 4 is 15.8 Å². The maximum absolute atomic E-state index is 12.5. The van der Waals surface area contributed by atoms with Crippen LogP contribution in [-0.4, -0.2) is 55.8 Å². The summed E-state index contributed by atoms with van der Waals surface area (Å²) in [5.74, 6) is 0.323. The number of rotatable bonds is 3. The van der Waals surface area contributed by atoms with Gasteiger partial charge in [-0.2, -0.15) is 4.31 Å². The normalized spacial score (nSPS) is 21.7. The van der Waals surface area contributed by atoms with Gasteiger partial charge in [-0.25, -0.2) is 13.4 Å². The second-order valence-electron chi connectivity index (χ2n) is 5.04. The number of hydrogen-bond donors (Lipinski definition) is 1. The maximum Gasteiger partial charge on any atom is 0.244 e. The van der Waals surface area contributed by atoms with E-state index < -0.39 is 10.0 Å². The molecule has 6 nitrogen and oxygen atoms in total. The van der Waals surface area contributed by atoms with E-state index >= 15 is 0 Å². The number of hydrogen-bond acceptors (Lipinski definition) is 5. The second kappa shape index (κ2) is 5.44. The molecule has 19 heavy (non-hydrogen) atoms. The molecule has 1 aliphatic rings. The number of nitrogens with zero attached hydrogens (tertiary/aromatic N) is 3. The van der Waals surface area contributed by atoms with Gasteiger partial charge in [0.1, 0.15) is 10.7 Å². The Kier molecular flexibility index (Phi) is 4.07. The van der Waals surface area contributed by atoms with E-state index in [1.165, 1.54) is 22.6 Å². The number of nitrogen functional groups attached to an aromatic ring is 1. The number of nitrogens with two attached hydrogens (primary N) is 1. The molecule has 1 unspecified atom stereocenters. The first-order valence-electron chi connectivity index (χ1n) is 6.29. The quantitative estimate of drug-likeness (QED) is 0.868. The van der Waals surface area contributed by atoms with E-state index in [1.54, 1.807) is 0 Å². The van der Waals surface area contributed by atoms with Crippen molar-refractivity contribution in [1.82, 2.24) is 14.2 Å². The summed E-state index contributed by atoms with van der Waals surface area (Å²) in [5, 5.41) is 0. The van der Waals surface area contributed by atoms with Crippen LogP contribution in [0.4, 0.5) is 5.82 Å². The standard InChI is InChI=1S/C12H20N4O2S/c1-15(2)10-4-3-7-16(9-10)19(17,18)11-5-6-12(13)14-8-11/h5-6,8,10H,3-4,7,9H2,1-2H3,(H2,13,14). The minimum Gasteiger partial charge on any atom is -0.384 e. The molecule has 1 saturated heterocycles. The van der Waals surface area contributed by atoms with Crippen molar-refractivity contribution in [3.63, 3.8) is 0 Å². The molecule has 0 spiro atoms. The first-order valence-corrected chi connectivity index (χ1v) is 7.73. The Bertz CT molecular complexity index is 527. The number of likely N-dealkylation sites (N-methyl/N-ethyl adjacent to an activating group) is 1. The van der Waals surface area contributed by atoms with Crippen molar-refractivity contribution in [3.05, 3.63) is 18.3 Å². The molecular formula is C12H20N4O2S. The van der Waals surface area contributed by atoms with E-state index in [-0.39, 0.29) is 10.9 Å². The minimum absolute atomic E-state index is 0.209. The van der Waals surface area contributed by atoms with Crippen LogP contribution in [0.3, 0.4) is 0 Å². The molecule has 1 aliphatic heterocycles. The molecule has 1 fully saturated rings. The van der Waals surface area contributed by atoms with Crippen molar-refractivity contribution in [1.29, 1.82) is 0 Å². The lowest BCUT2D eigenvalue weighted by molar-refractivity contribution is 0.190. The number of anilines is 1. The fourth-order valence-electron chi connectivity index (χ4n) is 2.25. The number of pyridine rings is 1. The molecule has 1 aromatic rings. The third kappa shape index (κ3) is 3.05. The molecule has 1 atom stereocenters. The molecule has 0 amide bonds. The summed E-state index contributed by atoms with van der Waals surface area (Å²) in [6, 6.07) is 3.29. The van der Waals surface area contributed by atoms with Crippen molar-refractivity contribution < 1.29 is 8.42 Å². The highest BCUT2D eigenvalue weighted by Gasteiger charge is 2.31. The van der Waals surface area contributed by atoms with Gasteiger partial charge in [-0.3, -0.25) is 0 Å². The Labute approximate surface area is 114 Å². The van der Waals surface area contributed by atoms with Crippen LogP contribution in [-0.2, 0) is 10.0 Å². The van der Waals surface area contributed by atoms with Crippen LogP contribution in [0.1, 0.15) is 12.8 Å². The van der Waals surface area contributed by atoms with E-state index in [0.717, 1.165) is 12.8 Å². The lowest BCUT2D eigenvalue weighted by Gasteiger charge is -2.35. The summed E-state index contributed by atoms with van der Waals surface area (Å²) >= 11 is 0. The zero-order valence-electron chi connectivity index (χ0n) is 11.3. The summed E-state index contributed by atoms with van der Waals surface area (Å²) < 4.78 is 26.5. The number of piperidine rings is 1. The topological polar surface area (TPSA) is 79.5 Å². The van der Waals surface area contributed by atoms with E-state index in [1.807, 2.05) is 14.1 Å². The summed E-state index contributed by atoms with van der Waals surface area (Å²) in [7, 11) is 0.499. The first kappa shape index (κ1) is 14.2. The van der Waals surface area contributed by atoms with Crippen LogP contribution in [0, 0.1) is 0 Å². The monoisotopic (exact) mass is 284 g/mol. The van der Waals surface area contributed by atoms with Crippen LogP contribution >= 0.6 is 0 Å². The smallest absolute Gasteiger partial charge is 0.244 e. The average Bonchev–Trinajstić information content (AvgIpc) is 2.39. The largest absolute Gasteiger partial charge is 0.384 e. The molecule has 2 N–H and O–H groups in total. The highest BCUT2D eigenvalue weighted by Crippen LogP contribution is 2.22. The van der Waals surface area contributed by atoms with Gasteiger partial charge in [0, 0.05) is 25.3 Å². The molecule has 106 valence electrons. The molecule has 0 saturated carbocycles. The third-order valence-corrected chi connectivity index (χ3v) is 5.34. The molecule has 0 bridgehead atoms. The van der Waals surface area contributed by atoms with Gasteiger partial charge in [0.15, 0.2) is 0 Å². The van der Waals surface area contributed by atoms with Crippen LogP contribution in [0.25, 0.3) is 0 Å². The highest BCUT2D eigenvalue weighted by molar-refractivity contribution is 7.89. The minimum atomic E-state index is -3.46. The van der Waals surface area contributed by atoms with Gasteiger partial charge < -0.3 is 10.6 Å². The van der Waals surface area contributed by atoms with Crippen LogP contribution in [0.5, 0.6) is 0 Å². The maximum atomic E-state index is 12.5. The van der Waals surface area contributed by atoms with Crippen molar-refractivity contribution in [2.45, 2.75) is 23.8 Å². The fraction of sp³-hybridized carbons (Fsp3) is 0.583. The van der Waals surface area contributed by atoms with Gasteiger partial charge in [-0.1, -0.05) is 0 Å². The third-order valence-electron chi connectivity index (χ3n) is 3.49. The zero-order chi connectivity index (χ0) is 14.0. The predicted octanol–water partition coefficient (Wildman–Crippen LogP) is 0.378. The molecule has 7 heteroatoms. The van der Waals surface area contributed by atoms with Gasteiger partial charge >= 0.3 is 0 Å². The zero-order valence-corrected chi connectivity index (χ0v) is 12.1. The van der Waals surface area contributed by atoms with E-state index in [2.05, 4.69) is 9.88 Å². The average molecular weight is 284 g/mol. The second-order valence-corrected chi connectivity index (χ2v) is 6.98. The molecule has 0 aromatic carbocycles. The fourth-order valence-corrected chi connectivity index (χ4v) is 3.72. The molecule has 1 aromatic heterocycles. The lowest BCUT2D eigenvalue weighted by atomic mass is 10.1.